The number of aliphatic hydroxyl groups is 1. The van der Waals surface area contributed by atoms with Gasteiger partial charge < -0.3 is 33.8 Å². The molecule has 7 atom stereocenters. The highest BCUT2D eigenvalue weighted by molar-refractivity contribution is 7.47. The van der Waals surface area contributed by atoms with Gasteiger partial charge in [0.1, 0.15) is 19.3 Å². The van der Waals surface area contributed by atoms with E-state index in [0.29, 0.717) is 25.7 Å². The monoisotopic (exact) mass is 1470 g/mol. The Hall–Kier alpha value is -1.94. The number of aliphatic hydroxyl groups excluding tert-OH is 1. The van der Waals surface area contributed by atoms with Gasteiger partial charge in [0.2, 0.25) is 0 Å². The fraction of sp³-hybridized carbons (Fsp3) is 0.951. The first-order valence-electron chi connectivity index (χ1n) is 41.8. The molecule has 0 radical (unpaired) electrons. The summed E-state index contributed by atoms with van der Waals surface area (Å²) < 4.78 is 68.7. The van der Waals surface area contributed by atoms with Crippen molar-refractivity contribution in [3.8, 4) is 0 Å². The average molecular weight is 1470 g/mol. The molecule has 0 aromatic carbocycles. The van der Waals surface area contributed by atoms with E-state index >= 15 is 0 Å². The topological polar surface area (TPSA) is 237 Å². The number of carbonyl (C=O) groups excluding carboxylic acids is 4. The summed E-state index contributed by atoms with van der Waals surface area (Å²) in [5.41, 5.74) is 0. The highest BCUT2D eigenvalue weighted by Crippen LogP contribution is 2.45. The predicted octanol–water partition coefficient (Wildman–Crippen LogP) is 24.0. The third-order valence-electron chi connectivity index (χ3n) is 19.5. The molecule has 0 heterocycles. The zero-order chi connectivity index (χ0) is 73.8. The van der Waals surface area contributed by atoms with Gasteiger partial charge >= 0.3 is 39.5 Å². The zero-order valence-corrected chi connectivity index (χ0v) is 67.6. The lowest BCUT2D eigenvalue weighted by molar-refractivity contribution is -0.161. The Morgan fingerprint density at radius 1 is 0.280 bits per heavy atom. The number of carbonyl (C=O) groups is 4. The van der Waals surface area contributed by atoms with E-state index in [9.17, 15) is 43.2 Å². The number of hydrogen-bond acceptors (Lipinski definition) is 15. The van der Waals surface area contributed by atoms with Gasteiger partial charge in [0.05, 0.1) is 26.4 Å². The maximum absolute atomic E-state index is 13.1. The molecule has 19 heteroatoms. The van der Waals surface area contributed by atoms with Crippen molar-refractivity contribution in [2.24, 2.45) is 23.7 Å². The summed E-state index contributed by atoms with van der Waals surface area (Å²) in [5.74, 6) is 1.03. The van der Waals surface area contributed by atoms with Crippen LogP contribution in [0.2, 0.25) is 0 Å². The molecule has 0 saturated carbocycles. The molecule has 0 aliphatic heterocycles. The van der Waals surface area contributed by atoms with Crippen LogP contribution in [0.1, 0.15) is 415 Å². The molecule has 0 aromatic rings. The van der Waals surface area contributed by atoms with Gasteiger partial charge in [-0.1, -0.05) is 364 Å². The minimum absolute atomic E-state index is 0.107. The summed E-state index contributed by atoms with van der Waals surface area (Å²) in [4.78, 5) is 73.0. The predicted molar refractivity (Wildman–Crippen MR) is 409 cm³/mol. The van der Waals surface area contributed by atoms with Crippen molar-refractivity contribution >= 4 is 39.5 Å². The second-order valence-electron chi connectivity index (χ2n) is 30.6. The Bertz CT molecular complexity index is 1960. The van der Waals surface area contributed by atoms with Crippen molar-refractivity contribution in [3.05, 3.63) is 0 Å². The van der Waals surface area contributed by atoms with Crippen LogP contribution in [-0.2, 0) is 65.4 Å². The lowest BCUT2D eigenvalue weighted by Crippen LogP contribution is -2.30. The largest absolute Gasteiger partial charge is 0.472 e. The smallest absolute Gasteiger partial charge is 0.462 e. The molecule has 0 fully saturated rings. The summed E-state index contributed by atoms with van der Waals surface area (Å²) in [5, 5.41) is 10.6. The zero-order valence-electron chi connectivity index (χ0n) is 65.8. The van der Waals surface area contributed by atoms with Crippen molar-refractivity contribution in [1.82, 2.24) is 0 Å². The first-order valence-corrected chi connectivity index (χ1v) is 44.8. The maximum Gasteiger partial charge on any atom is 0.472 e. The Morgan fingerprint density at radius 3 is 0.710 bits per heavy atom. The Morgan fingerprint density at radius 2 is 0.480 bits per heavy atom. The lowest BCUT2D eigenvalue weighted by atomic mass is 9.99. The standard InChI is InChI=1S/C81H158O17P2/c1-9-73(7)59-51-43-35-29-22-18-15-16-20-24-32-38-48-56-63-80(85)97-76(67-91-78(83)61-53-45-36-30-26-25-28-34-42-50-58-72(5)6)69-95-99(87,88)93-65-75(82)66-94-100(89,90)96-70-77(68-92-79(84)62-54-46-40-39-44-52-60-74(8)10-2)98-81(86)64-55-47-37-31-23-19-14-12-11-13-17-21-27-33-41-49-57-71(3)4/h71-77,82H,9-70H2,1-8H3,(H,87,88)(H,89,90)/t73?,74?,75-,76-,77-/m1/s1. The highest BCUT2D eigenvalue weighted by atomic mass is 31.2. The molecular formula is C81H158O17P2. The molecule has 0 rings (SSSR count). The molecule has 100 heavy (non-hydrogen) atoms. The Labute approximate surface area is 613 Å². The van der Waals surface area contributed by atoms with Gasteiger partial charge in [-0.2, -0.15) is 0 Å². The van der Waals surface area contributed by atoms with E-state index in [1.54, 1.807) is 0 Å². The molecule has 0 bridgehead atoms. The van der Waals surface area contributed by atoms with E-state index in [4.69, 9.17) is 37.0 Å². The lowest BCUT2D eigenvalue weighted by Gasteiger charge is -2.21. The van der Waals surface area contributed by atoms with Crippen molar-refractivity contribution in [2.75, 3.05) is 39.6 Å². The van der Waals surface area contributed by atoms with Gasteiger partial charge in [-0.05, 0) is 49.4 Å². The summed E-state index contributed by atoms with van der Waals surface area (Å²) in [6, 6.07) is 0. The number of esters is 4. The van der Waals surface area contributed by atoms with E-state index in [2.05, 4.69) is 55.4 Å². The summed E-state index contributed by atoms with van der Waals surface area (Å²) >= 11 is 0. The summed E-state index contributed by atoms with van der Waals surface area (Å²) in [6.45, 7) is 14.3. The molecule has 0 amide bonds. The average Bonchev–Trinajstić information content (AvgIpc) is 0.947. The van der Waals surface area contributed by atoms with Crippen LogP contribution in [0.3, 0.4) is 0 Å². The van der Waals surface area contributed by atoms with E-state index in [0.717, 1.165) is 120 Å². The van der Waals surface area contributed by atoms with Crippen LogP contribution in [0.4, 0.5) is 0 Å². The molecule has 0 aliphatic rings. The van der Waals surface area contributed by atoms with E-state index in [1.165, 1.54) is 212 Å². The Kier molecular flexibility index (Phi) is 68.7. The van der Waals surface area contributed by atoms with Crippen LogP contribution in [0.25, 0.3) is 0 Å². The van der Waals surface area contributed by atoms with Gasteiger partial charge in [-0.25, -0.2) is 9.13 Å². The fourth-order valence-corrected chi connectivity index (χ4v) is 13.9. The number of phosphoric acid groups is 2. The second kappa shape index (κ2) is 70.1. The van der Waals surface area contributed by atoms with Crippen LogP contribution < -0.4 is 0 Å². The van der Waals surface area contributed by atoms with Gasteiger partial charge in [0.15, 0.2) is 12.2 Å². The van der Waals surface area contributed by atoms with Gasteiger partial charge in [-0.15, -0.1) is 0 Å². The van der Waals surface area contributed by atoms with E-state index in [1.807, 2.05) is 0 Å². The van der Waals surface area contributed by atoms with Crippen molar-refractivity contribution < 1.29 is 80.2 Å². The quantitative estimate of drug-likeness (QED) is 0.0222. The number of ether oxygens (including phenoxy) is 4. The molecule has 0 aliphatic carbocycles. The molecule has 0 saturated heterocycles. The van der Waals surface area contributed by atoms with Crippen molar-refractivity contribution in [2.45, 2.75) is 433 Å². The number of unbranched alkanes of at least 4 members (excludes halogenated alkanes) is 42. The minimum Gasteiger partial charge on any atom is -0.462 e. The molecule has 4 unspecified atom stereocenters. The Balaban J connectivity index is 5.23. The highest BCUT2D eigenvalue weighted by Gasteiger charge is 2.30. The van der Waals surface area contributed by atoms with Crippen LogP contribution in [0.5, 0.6) is 0 Å². The van der Waals surface area contributed by atoms with Crippen LogP contribution in [0.15, 0.2) is 0 Å². The van der Waals surface area contributed by atoms with E-state index < -0.39 is 97.5 Å². The van der Waals surface area contributed by atoms with Gasteiger partial charge in [-0.3, -0.25) is 37.3 Å². The van der Waals surface area contributed by atoms with Gasteiger partial charge in [0, 0.05) is 25.7 Å². The SMILES string of the molecule is CCC(C)CCCCCCCCCCCCCCCCC(=O)O[C@H](COC(=O)CCCCCCCCCCCCC(C)C)COP(=O)(O)OC[C@@H](O)COP(=O)(O)OC[C@@H](COC(=O)CCCCCCCCC(C)CC)OC(=O)CCCCCCCCCCCCCCCCCCC(C)C. The molecule has 594 valence electrons. The number of hydrogen-bond donors (Lipinski definition) is 3. The van der Waals surface area contributed by atoms with Crippen molar-refractivity contribution in [1.29, 1.82) is 0 Å². The van der Waals surface area contributed by atoms with Gasteiger partial charge in [0.25, 0.3) is 0 Å². The number of phosphoric ester groups is 2. The normalized spacial score (nSPS) is 14.6. The third kappa shape index (κ3) is 71.7. The second-order valence-corrected chi connectivity index (χ2v) is 33.5. The first kappa shape index (κ1) is 98.1. The van der Waals surface area contributed by atoms with E-state index in [-0.39, 0.29) is 25.7 Å². The summed E-state index contributed by atoms with van der Waals surface area (Å²) in [7, 11) is -9.92. The summed E-state index contributed by atoms with van der Waals surface area (Å²) in [6.07, 6.45) is 56.8. The third-order valence-corrected chi connectivity index (χ3v) is 21.4. The van der Waals surface area contributed by atoms with Crippen molar-refractivity contribution in [3.63, 3.8) is 0 Å². The number of rotatable bonds is 78. The maximum atomic E-state index is 13.1. The van der Waals surface area contributed by atoms with Crippen LogP contribution in [-0.4, -0.2) is 96.7 Å². The first-order chi connectivity index (χ1) is 48.2. The molecule has 3 N–H and O–H groups in total. The van der Waals surface area contributed by atoms with Crippen LogP contribution >= 0.6 is 15.6 Å². The molecular weight excluding hydrogens is 1310 g/mol. The molecule has 0 spiro atoms. The molecule has 0 aromatic heterocycles. The minimum atomic E-state index is -4.96. The molecule has 17 nitrogen and oxygen atoms in total. The van der Waals surface area contributed by atoms with Crippen LogP contribution in [0, 0.1) is 23.7 Å². The fourth-order valence-electron chi connectivity index (χ4n) is 12.4.